The van der Waals surface area contributed by atoms with E-state index < -0.39 is 12.8 Å². The summed E-state index contributed by atoms with van der Waals surface area (Å²) in [6.45, 7) is 27.0. The zero-order chi connectivity index (χ0) is 67.9. The lowest BCUT2D eigenvalue weighted by molar-refractivity contribution is 0.590. The number of nitrogens with one attached hydrogen (secondary N) is 1. The summed E-state index contributed by atoms with van der Waals surface area (Å²) >= 11 is 0. The van der Waals surface area contributed by atoms with Crippen molar-refractivity contribution in [2.75, 3.05) is 0 Å². The zero-order valence-corrected chi connectivity index (χ0v) is 55.0. The largest absolute Gasteiger partial charge is 0.354 e. The summed E-state index contributed by atoms with van der Waals surface area (Å²) in [5.74, 6) is 0. The molecule has 0 fully saturated rings. The van der Waals surface area contributed by atoms with Crippen molar-refractivity contribution >= 4 is 110 Å². The lowest BCUT2D eigenvalue weighted by Crippen LogP contribution is -2.59. The van der Waals surface area contributed by atoms with Crippen molar-refractivity contribution in [3.8, 4) is 61.6 Å². The third kappa shape index (κ3) is 8.11. The molecule has 0 bridgehead atoms. The van der Waals surface area contributed by atoms with Crippen LogP contribution in [0.15, 0.2) is 230 Å². The van der Waals surface area contributed by atoms with Crippen molar-refractivity contribution in [3.05, 3.63) is 253 Å². The van der Waals surface area contributed by atoms with Crippen LogP contribution in [-0.4, -0.2) is 25.4 Å². The smallest absolute Gasteiger partial charge is 0.252 e. The number of hydrogen-bond acceptors (Lipinski definition) is 0. The lowest BCUT2D eigenvalue weighted by atomic mass is 9.34. The van der Waals surface area contributed by atoms with E-state index in [1.807, 2.05) is 0 Å². The maximum absolute atomic E-state index is 9.66. The Morgan fingerprint density at radius 1 is 0.355 bits per heavy atom. The predicted molar refractivity (Wildman–Crippen MR) is 400 cm³/mol. The van der Waals surface area contributed by atoms with Crippen molar-refractivity contribution in [2.24, 2.45) is 0 Å². The first kappa shape index (κ1) is 50.5. The van der Waals surface area contributed by atoms with Gasteiger partial charge in [0.15, 0.2) is 0 Å². The van der Waals surface area contributed by atoms with Gasteiger partial charge in [-0.05, 0) is 172 Å². The molecule has 0 aliphatic carbocycles. The van der Waals surface area contributed by atoms with Gasteiger partial charge in [-0.1, -0.05) is 241 Å². The van der Waals surface area contributed by atoms with E-state index in [1.54, 1.807) is 0 Å². The number of nitrogens with zero attached hydrogens (tertiary/aromatic N) is 3. The van der Waals surface area contributed by atoms with Crippen molar-refractivity contribution in [1.29, 1.82) is 0 Å². The van der Waals surface area contributed by atoms with Gasteiger partial charge in [-0.3, -0.25) is 0 Å². The highest BCUT2D eigenvalue weighted by Crippen LogP contribution is 2.49. The molecule has 2 aliphatic rings. The highest BCUT2D eigenvalue weighted by Gasteiger charge is 2.44. The molecule has 0 atom stereocenters. The minimum Gasteiger partial charge on any atom is -0.354 e. The summed E-state index contributed by atoms with van der Waals surface area (Å²) in [4.78, 5) is 4.21. The van der Waals surface area contributed by atoms with E-state index in [1.165, 1.54) is 38.6 Å². The van der Waals surface area contributed by atoms with Gasteiger partial charge in [0.1, 0.15) is 0 Å². The summed E-state index contributed by atoms with van der Waals surface area (Å²) in [7, 11) is 0. The number of aromatic amines is 1. The fourth-order valence-corrected chi connectivity index (χ4v) is 16.1. The van der Waals surface area contributed by atoms with Crippen molar-refractivity contribution in [2.45, 2.75) is 105 Å². The monoisotopic (exact) mass is 1200 g/mol. The minimum absolute atomic E-state index is 0.0885. The average molecular weight is 1200 g/mol. The Balaban J connectivity index is 1.03. The number of para-hydroxylation sites is 1. The molecule has 0 saturated heterocycles. The van der Waals surface area contributed by atoms with Crippen LogP contribution >= 0.6 is 0 Å². The van der Waals surface area contributed by atoms with E-state index in [4.69, 9.17) is 4.11 Å². The average Bonchev–Trinajstić information content (AvgIpc) is 1.45. The van der Waals surface area contributed by atoms with E-state index in [0.29, 0.717) is 5.56 Å². The molecule has 0 saturated carbocycles. The van der Waals surface area contributed by atoms with Gasteiger partial charge in [0.05, 0.1) is 45.6 Å². The fraction of sp³-hybridized carbons (Fsp3) is 0.182. The maximum Gasteiger partial charge on any atom is 0.252 e. The Hall–Kier alpha value is -10.1. The molecule has 0 amide bonds. The Labute approximate surface area is 551 Å². The van der Waals surface area contributed by atoms with Gasteiger partial charge < -0.3 is 18.7 Å². The molecule has 0 spiro atoms. The second-order valence-corrected chi connectivity index (χ2v) is 30.7. The van der Waals surface area contributed by atoms with Crippen LogP contribution in [0.2, 0.25) is 0 Å². The van der Waals surface area contributed by atoms with Gasteiger partial charge in [0.25, 0.3) is 6.71 Å². The van der Waals surface area contributed by atoms with Crippen LogP contribution in [0, 0.1) is 0 Å². The molecule has 0 radical (unpaired) electrons. The van der Waals surface area contributed by atoms with Crippen molar-refractivity contribution in [1.82, 2.24) is 18.7 Å². The molecule has 5 heteroatoms. The maximum atomic E-state index is 9.66. The van der Waals surface area contributed by atoms with E-state index in [-0.39, 0.29) is 51.4 Å². The fourth-order valence-electron chi connectivity index (χ4n) is 16.1. The summed E-state index contributed by atoms with van der Waals surface area (Å²) < 4.78 is 54.0. The summed E-state index contributed by atoms with van der Waals surface area (Å²) in [5, 5.41) is 8.94. The Kier molecular flexibility index (Phi) is 10.5. The number of fused-ring (bicyclic) bond motifs is 17. The first-order chi connectivity index (χ1) is 46.7. The molecular weight excluding hydrogens is 1120 g/mol. The first-order valence-electron chi connectivity index (χ1n) is 35.5. The normalized spacial score (nSPS) is 14.1. The highest BCUT2D eigenvalue weighted by molar-refractivity contribution is 7.00. The number of rotatable bonds is 5. The van der Waals surface area contributed by atoms with E-state index in [9.17, 15) is 2.74 Å². The first-order valence-corrected chi connectivity index (χ1v) is 33.0. The molecule has 93 heavy (non-hydrogen) atoms. The number of aromatic nitrogens is 4. The SMILES string of the molecule is [2H]c1c([2H])c([2H])c(-c2cc3c4c(c2)c2cc(C(C)(C)C)ccc2n4-c2c4c(cc5[nH]c6c(-c7ccccc7-c7ccccc7-c7ccccc7)cccc6c25)-n2c5ccc(C(C)(C)C)cc5c5cc(-n6c7ccc(C(C)(C)C)cc7c7cc(C(C)(C)C)ccc76)cc(c52)B43)c([2H])c1[2H]. The number of hydrogen-bond donors (Lipinski definition) is 1. The number of benzene rings is 12. The van der Waals surface area contributed by atoms with Crippen molar-refractivity contribution < 1.29 is 6.85 Å². The van der Waals surface area contributed by atoms with Crippen LogP contribution in [0.4, 0.5) is 0 Å². The predicted octanol–water partition coefficient (Wildman–Crippen LogP) is 21.6. The van der Waals surface area contributed by atoms with E-state index in [2.05, 4.69) is 302 Å². The summed E-state index contributed by atoms with van der Waals surface area (Å²) in [6, 6.07) is 73.5. The van der Waals surface area contributed by atoms with Crippen LogP contribution < -0.4 is 16.4 Å². The van der Waals surface area contributed by atoms with Crippen LogP contribution in [-0.2, 0) is 21.7 Å². The van der Waals surface area contributed by atoms with Crippen LogP contribution in [0.1, 0.15) is 112 Å². The van der Waals surface area contributed by atoms with E-state index >= 15 is 0 Å². The third-order valence-electron chi connectivity index (χ3n) is 20.8. The standard InChI is InChI=1S/C88H75BN4/c1-85(2,3)54-34-38-74-65(44-54)66-45-55(86(4,5)6)35-39-75(66)91(74)58-48-70-68-47-56(87(7,8)9)36-40-76(68)92-78-50-73-79(64-33-23-32-63(81(64)90-73)62-31-22-21-30-61(62)60-29-20-19-28-59(60)52-26-17-14-18-27-52)84-80(78)89(72(49-58)82(70)92)71-43-53(51-24-15-13-16-25-51)42-69-67-46-57(88(10,11)12)37-41-77(67)93(84)83(69)71/h13-50,90H,1-12H3/i13D,15D,16D,24D,25D. The Morgan fingerprint density at radius 3 is 1.39 bits per heavy atom. The second-order valence-electron chi connectivity index (χ2n) is 30.7. The molecule has 2 aliphatic heterocycles. The molecule has 18 rings (SSSR count). The molecule has 0 unspecified atom stereocenters. The quantitative estimate of drug-likeness (QED) is 0.167. The molecule has 1 N–H and O–H groups in total. The molecule has 6 heterocycles. The summed E-state index contributed by atoms with van der Waals surface area (Å²) in [5.41, 5.74) is 27.1. The van der Waals surface area contributed by atoms with Gasteiger partial charge in [0.2, 0.25) is 0 Å². The molecule has 16 aromatic rings. The van der Waals surface area contributed by atoms with Gasteiger partial charge >= 0.3 is 0 Å². The highest BCUT2D eigenvalue weighted by atomic mass is 15.0. The van der Waals surface area contributed by atoms with Crippen molar-refractivity contribution in [3.63, 3.8) is 0 Å². The second kappa shape index (κ2) is 19.2. The van der Waals surface area contributed by atoms with Crippen LogP contribution in [0.5, 0.6) is 0 Å². The van der Waals surface area contributed by atoms with Gasteiger partial charge in [-0.2, -0.15) is 0 Å². The Morgan fingerprint density at radius 2 is 0.817 bits per heavy atom. The van der Waals surface area contributed by atoms with E-state index in [0.717, 1.165) is 138 Å². The molecule has 4 nitrogen and oxygen atoms in total. The molecule has 4 aromatic heterocycles. The van der Waals surface area contributed by atoms with Gasteiger partial charge in [-0.15, -0.1) is 0 Å². The topological polar surface area (TPSA) is 30.6 Å². The molecule has 450 valence electrons. The van der Waals surface area contributed by atoms with Crippen LogP contribution in [0.25, 0.3) is 149 Å². The number of H-pyrrole nitrogens is 1. The van der Waals surface area contributed by atoms with Crippen LogP contribution in [0.3, 0.4) is 0 Å². The molecule has 12 aromatic carbocycles. The molecular formula is C88H75BN4. The lowest BCUT2D eigenvalue weighted by Gasteiger charge is -2.34. The Bertz CT molecular complexity index is 6130. The van der Waals surface area contributed by atoms with Gasteiger partial charge in [-0.25, -0.2) is 0 Å². The zero-order valence-electron chi connectivity index (χ0n) is 60.0. The summed E-state index contributed by atoms with van der Waals surface area (Å²) in [6.07, 6.45) is 0. The third-order valence-corrected chi connectivity index (χ3v) is 20.8. The van der Waals surface area contributed by atoms with Gasteiger partial charge in [0, 0.05) is 71.1 Å². The minimum atomic E-state index is -0.437.